The van der Waals surface area contributed by atoms with E-state index in [2.05, 4.69) is 5.32 Å². The number of benzene rings is 4. The van der Waals surface area contributed by atoms with Crippen molar-refractivity contribution < 1.29 is 27.5 Å². The molecule has 40 heavy (non-hydrogen) atoms. The van der Waals surface area contributed by atoms with Crippen LogP contribution in [-0.4, -0.2) is 38.3 Å². The van der Waals surface area contributed by atoms with Crippen LogP contribution in [0.15, 0.2) is 108 Å². The smallest absolute Gasteiger partial charge is 0.339 e. The van der Waals surface area contributed by atoms with Gasteiger partial charge in [0.1, 0.15) is 5.75 Å². The third-order valence-corrected chi connectivity index (χ3v) is 8.59. The standard InChI is InChI=1S/C31H28N2O6S/c1-38-27-13-7-12-26(20-27)32-30(34)29(23-9-3-2-4-10-23)39-31(35)24-14-16-28(17-15-24)40(36,37)33-19-18-22-8-5-6-11-25(22)21-33/h2-17,20,29H,18-19,21H2,1H3,(H,32,34). The second-order valence-corrected chi connectivity index (χ2v) is 11.2. The van der Waals surface area contributed by atoms with E-state index < -0.39 is 28.0 Å². The molecule has 0 saturated heterocycles. The highest BCUT2D eigenvalue weighted by molar-refractivity contribution is 7.89. The average Bonchev–Trinajstić information content (AvgIpc) is 3.00. The maximum absolute atomic E-state index is 13.3. The predicted molar refractivity (Wildman–Crippen MR) is 150 cm³/mol. The van der Waals surface area contributed by atoms with Crippen molar-refractivity contribution in [2.75, 3.05) is 19.0 Å². The first-order valence-corrected chi connectivity index (χ1v) is 14.2. The van der Waals surface area contributed by atoms with Gasteiger partial charge in [0.15, 0.2) is 0 Å². The summed E-state index contributed by atoms with van der Waals surface area (Å²) in [5, 5.41) is 2.76. The number of ether oxygens (including phenoxy) is 2. The predicted octanol–water partition coefficient (Wildman–Crippen LogP) is 4.98. The summed E-state index contributed by atoms with van der Waals surface area (Å²) in [7, 11) is -2.23. The van der Waals surface area contributed by atoms with E-state index in [9.17, 15) is 18.0 Å². The summed E-state index contributed by atoms with van der Waals surface area (Å²) in [4.78, 5) is 26.4. The minimum atomic E-state index is -3.76. The van der Waals surface area contributed by atoms with Gasteiger partial charge < -0.3 is 14.8 Å². The van der Waals surface area contributed by atoms with Crippen molar-refractivity contribution in [3.63, 3.8) is 0 Å². The summed E-state index contributed by atoms with van der Waals surface area (Å²) in [6.07, 6.45) is -0.602. The number of nitrogens with one attached hydrogen (secondary N) is 1. The zero-order valence-corrected chi connectivity index (χ0v) is 22.6. The van der Waals surface area contributed by atoms with Gasteiger partial charge in [0.25, 0.3) is 5.91 Å². The summed E-state index contributed by atoms with van der Waals surface area (Å²) < 4.78 is 38.9. The highest BCUT2D eigenvalue weighted by Gasteiger charge is 2.29. The minimum Gasteiger partial charge on any atom is -0.497 e. The molecule has 4 aromatic carbocycles. The molecule has 0 radical (unpaired) electrons. The maximum Gasteiger partial charge on any atom is 0.339 e. The van der Waals surface area contributed by atoms with Crippen molar-refractivity contribution in [1.82, 2.24) is 4.31 Å². The summed E-state index contributed by atoms with van der Waals surface area (Å²) >= 11 is 0. The van der Waals surface area contributed by atoms with Crippen LogP contribution in [0.5, 0.6) is 5.75 Å². The van der Waals surface area contributed by atoms with E-state index in [1.807, 2.05) is 24.3 Å². The molecule has 1 N–H and O–H groups in total. The number of methoxy groups -OCH3 is 1. The number of hydrogen-bond donors (Lipinski definition) is 1. The highest BCUT2D eigenvalue weighted by Crippen LogP contribution is 2.27. The van der Waals surface area contributed by atoms with Gasteiger partial charge >= 0.3 is 5.97 Å². The number of fused-ring (bicyclic) bond motifs is 1. The maximum atomic E-state index is 13.3. The molecule has 4 aromatic rings. The van der Waals surface area contributed by atoms with E-state index in [1.165, 1.54) is 35.7 Å². The Balaban J connectivity index is 1.32. The molecule has 5 rings (SSSR count). The topological polar surface area (TPSA) is 102 Å². The van der Waals surface area contributed by atoms with Crippen LogP contribution in [0, 0.1) is 0 Å². The molecule has 1 heterocycles. The van der Waals surface area contributed by atoms with Crippen LogP contribution < -0.4 is 10.1 Å². The number of anilines is 1. The molecule has 1 aliphatic rings. The van der Waals surface area contributed by atoms with E-state index in [-0.39, 0.29) is 10.5 Å². The molecule has 1 unspecified atom stereocenters. The van der Waals surface area contributed by atoms with Gasteiger partial charge in [-0.05, 0) is 53.9 Å². The van der Waals surface area contributed by atoms with Crippen molar-refractivity contribution in [3.05, 3.63) is 125 Å². The Hall–Kier alpha value is -4.47. The molecule has 0 bridgehead atoms. The third-order valence-electron chi connectivity index (χ3n) is 6.73. The SMILES string of the molecule is COc1cccc(NC(=O)C(OC(=O)c2ccc(S(=O)(=O)N3CCc4ccccc4C3)cc2)c2ccccc2)c1. The third kappa shape index (κ3) is 5.90. The van der Waals surface area contributed by atoms with Gasteiger partial charge in [-0.3, -0.25) is 4.79 Å². The van der Waals surface area contributed by atoms with Gasteiger partial charge in [-0.1, -0.05) is 60.7 Å². The summed E-state index contributed by atoms with van der Waals surface area (Å²) in [5.41, 5.74) is 3.22. The summed E-state index contributed by atoms with van der Waals surface area (Å²) in [5.74, 6) is -0.738. The Morgan fingerprint density at radius 1 is 0.850 bits per heavy atom. The molecular weight excluding hydrogens is 528 g/mol. The molecule has 1 amide bonds. The first-order chi connectivity index (χ1) is 19.3. The Bertz CT molecular complexity index is 1620. The monoisotopic (exact) mass is 556 g/mol. The molecule has 0 fully saturated rings. The van der Waals surface area contributed by atoms with E-state index in [4.69, 9.17) is 9.47 Å². The van der Waals surface area contributed by atoms with Gasteiger partial charge in [0, 0.05) is 30.4 Å². The number of amides is 1. The Labute approximate surface area is 233 Å². The Morgan fingerprint density at radius 2 is 1.55 bits per heavy atom. The molecule has 1 atom stereocenters. The van der Waals surface area contributed by atoms with E-state index >= 15 is 0 Å². The zero-order chi connectivity index (χ0) is 28.1. The van der Waals surface area contributed by atoms with Crippen LogP contribution >= 0.6 is 0 Å². The van der Waals surface area contributed by atoms with Gasteiger partial charge in [-0.15, -0.1) is 0 Å². The van der Waals surface area contributed by atoms with Crippen LogP contribution in [0.25, 0.3) is 0 Å². The zero-order valence-electron chi connectivity index (χ0n) is 21.8. The van der Waals surface area contributed by atoms with Gasteiger partial charge in [0.05, 0.1) is 17.6 Å². The number of hydrogen-bond acceptors (Lipinski definition) is 6. The normalized spacial score (nSPS) is 14.0. The lowest BCUT2D eigenvalue weighted by Gasteiger charge is -2.28. The number of carbonyl (C=O) groups is 2. The number of nitrogens with zero attached hydrogens (tertiary/aromatic N) is 1. The summed E-state index contributed by atoms with van der Waals surface area (Å²) in [6, 6.07) is 28.9. The number of esters is 1. The number of rotatable bonds is 8. The lowest BCUT2D eigenvalue weighted by Crippen LogP contribution is -2.35. The van der Waals surface area contributed by atoms with Gasteiger partial charge in [-0.2, -0.15) is 4.31 Å². The second-order valence-electron chi connectivity index (χ2n) is 9.30. The van der Waals surface area contributed by atoms with Crippen molar-refractivity contribution in [3.8, 4) is 5.75 Å². The lowest BCUT2D eigenvalue weighted by molar-refractivity contribution is -0.125. The molecule has 0 saturated carbocycles. The Kier molecular flexibility index (Phi) is 7.95. The van der Waals surface area contributed by atoms with Crippen molar-refractivity contribution in [2.24, 2.45) is 0 Å². The van der Waals surface area contributed by atoms with Crippen LogP contribution in [0.3, 0.4) is 0 Å². The second kappa shape index (κ2) is 11.7. The van der Waals surface area contributed by atoms with Crippen LogP contribution in [0.1, 0.15) is 33.2 Å². The van der Waals surface area contributed by atoms with Crippen LogP contribution in [0.2, 0.25) is 0 Å². The highest BCUT2D eigenvalue weighted by atomic mass is 32.2. The van der Waals surface area contributed by atoms with E-state index in [0.29, 0.717) is 36.5 Å². The lowest BCUT2D eigenvalue weighted by atomic mass is 10.0. The molecule has 0 spiro atoms. The fourth-order valence-electron chi connectivity index (χ4n) is 4.57. The molecule has 0 aromatic heterocycles. The molecular formula is C31H28N2O6S. The first kappa shape index (κ1) is 27.1. The average molecular weight is 557 g/mol. The number of carbonyl (C=O) groups excluding carboxylic acids is 2. The molecule has 1 aliphatic heterocycles. The van der Waals surface area contributed by atoms with Crippen LogP contribution in [-0.2, 0) is 32.5 Å². The van der Waals surface area contributed by atoms with Crippen molar-refractivity contribution >= 4 is 27.6 Å². The van der Waals surface area contributed by atoms with Gasteiger partial charge in [-0.25, -0.2) is 13.2 Å². The summed E-state index contributed by atoms with van der Waals surface area (Å²) in [6.45, 7) is 0.674. The van der Waals surface area contributed by atoms with Crippen molar-refractivity contribution in [2.45, 2.75) is 24.0 Å². The van der Waals surface area contributed by atoms with E-state index in [0.717, 1.165) is 11.1 Å². The van der Waals surface area contributed by atoms with Crippen LogP contribution in [0.4, 0.5) is 5.69 Å². The fraction of sp³-hybridized carbons (Fsp3) is 0.161. The quantitative estimate of drug-likeness (QED) is 0.307. The minimum absolute atomic E-state index is 0.0822. The largest absolute Gasteiger partial charge is 0.497 e. The molecule has 8 nitrogen and oxygen atoms in total. The van der Waals surface area contributed by atoms with Crippen molar-refractivity contribution in [1.29, 1.82) is 0 Å². The molecule has 0 aliphatic carbocycles. The Morgan fingerprint density at radius 3 is 2.27 bits per heavy atom. The first-order valence-electron chi connectivity index (χ1n) is 12.7. The molecule has 9 heteroatoms. The van der Waals surface area contributed by atoms with Gasteiger partial charge in [0.2, 0.25) is 16.1 Å². The van der Waals surface area contributed by atoms with E-state index in [1.54, 1.807) is 54.6 Å². The molecule has 204 valence electrons. The number of sulfonamides is 1. The fourth-order valence-corrected chi connectivity index (χ4v) is 5.99.